The maximum atomic E-state index is 5.36. The highest BCUT2D eigenvalue weighted by molar-refractivity contribution is 7.16. The zero-order valence-corrected chi connectivity index (χ0v) is 7.58. The van der Waals surface area contributed by atoms with Crippen molar-refractivity contribution in [3.8, 4) is 0 Å². The highest BCUT2D eigenvalue weighted by Gasteiger charge is 1.93. The Balaban J connectivity index is 2.27. The number of hydrogen-bond donors (Lipinski definition) is 2. The second-order valence-corrected chi connectivity index (χ2v) is 3.77. The second-order valence-electron chi connectivity index (χ2n) is 2.48. The predicted molar refractivity (Wildman–Crippen MR) is 51.2 cm³/mol. The predicted octanol–water partition coefficient (Wildman–Crippen LogP) is 1.82. The summed E-state index contributed by atoms with van der Waals surface area (Å²) in [4.78, 5) is 1.35. The fraction of sp³-hybridized carbons (Fsp3) is 0.500. The van der Waals surface area contributed by atoms with Crippen molar-refractivity contribution in [2.24, 2.45) is 5.73 Å². The van der Waals surface area contributed by atoms with Crippen LogP contribution in [0.4, 0.5) is 5.00 Å². The average molecular weight is 170 g/mol. The average Bonchev–Trinajstić information content (AvgIpc) is 2.37. The molecule has 0 aliphatic heterocycles. The van der Waals surface area contributed by atoms with Crippen molar-refractivity contribution >= 4 is 16.3 Å². The van der Waals surface area contributed by atoms with E-state index in [0.717, 1.165) is 19.5 Å². The SMILES string of the molecule is Cc1ccc(NCCCN)s1. The third-order valence-electron chi connectivity index (χ3n) is 1.42. The van der Waals surface area contributed by atoms with Gasteiger partial charge >= 0.3 is 0 Å². The number of rotatable bonds is 4. The normalized spacial score (nSPS) is 10.0. The van der Waals surface area contributed by atoms with Crippen LogP contribution in [0.2, 0.25) is 0 Å². The Hall–Kier alpha value is -0.540. The van der Waals surface area contributed by atoms with Gasteiger partial charge in [-0.15, -0.1) is 11.3 Å². The molecule has 11 heavy (non-hydrogen) atoms. The molecule has 0 aliphatic rings. The molecule has 0 aliphatic carbocycles. The van der Waals surface area contributed by atoms with Crippen molar-refractivity contribution in [2.45, 2.75) is 13.3 Å². The summed E-state index contributed by atoms with van der Waals surface area (Å²) in [6.07, 6.45) is 1.04. The molecule has 0 fully saturated rings. The minimum atomic E-state index is 0.761. The highest BCUT2D eigenvalue weighted by Crippen LogP contribution is 2.20. The van der Waals surface area contributed by atoms with Crippen LogP contribution in [0.5, 0.6) is 0 Å². The van der Waals surface area contributed by atoms with E-state index in [1.807, 2.05) is 0 Å². The Morgan fingerprint density at radius 3 is 2.91 bits per heavy atom. The van der Waals surface area contributed by atoms with Gasteiger partial charge in [-0.25, -0.2) is 0 Å². The molecular weight excluding hydrogens is 156 g/mol. The largest absolute Gasteiger partial charge is 0.377 e. The lowest BCUT2D eigenvalue weighted by molar-refractivity contribution is 0.876. The van der Waals surface area contributed by atoms with Crippen LogP contribution < -0.4 is 11.1 Å². The van der Waals surface area contributed by atoms with Gasteiger partial charge in [0.2, 0.25) is 0 Å². The Morgan fingerprint density at radius 1 is 1.55 bits per heavy atom. The highest BCUT2D eigenvalue weighted by atomic mass is 32.1. The Bertz CT molecular complexity index is 208. The standard InChI is InChI=1S/C8H14N2S/c1-7-3-4-8(11-7)10-6-2-5-9/h3-4,10H,2,5-6,9H2,1H3. The third-order valence-corrected chi connectivity index (χ3v) is 2.38. The van der Waals surface area contributed by atoms with E-state index in [2.05, 4.69) is 24.4 Å². The smallest absolute Gasteiger partial charge is 0.0885 e. The number of hydrogen-bond acceptors (Lipinski definition) is 3. The van der Waals surface area contributed by atoms with Crippen LogP contribution in [-0.4, -0.2) is 13.1 Å². The Kier molecular flexibility index (Phi) is 3.39. The van der Waals surface area contributed by atoms with Gasteiger partial charge < -0.3 is 11.1 Å². The molecule has 0 aromatic carbocycles. The molecule has 0 bridgehead atoms. The zero-order chi connectivity index (χ0) is 8.10. The summed E-state index contributed by atoms with van der Waals surface area (Å²) < 4.78 is 0. The van der Waals surface area contributed by atoms with Gasteiger partial charge in [0.15, 0.2) is 0 Å². The summed E-state index contributed by atoms with van der Waals surface area (Å²) >= 11 is 1.79. The van der Waals surface area contributed by atoms with Crippen molar-refractivity contribution in [1.82, 2.24) is 0 Å². The van der Waals surface area contributed by atoms with Gasteiger partial charge in [-0.3, -0.25) is 0 Å². The first-order valence-electron chi connectivity index (χ1n) is 3.83. The quantitative estimate of drug-likeness (QED) is 0.676. The Labute approximate surface area is 71.4 Å². The van der Waals surface area contributed by atoms with E-state index in [-0.39, 0.29) is 0 Å². The van der Waals surface area contributed by atoms with Crippen molar-refractivity contribution < 1.29 is 0 Å². The number of thiophene rings is 1. The van der Waals surface area contributed by atoms with Gasteiger partial charge in [-0.2, -0.15) is 0 Å². The fourth-order valence-electron chi connectivity index (χ4n) is 0.843. The van der Waals surface area contributed by atoms with Gasteiger partial charge in [-0.05, 0) is 32.0 Å². The number of anilines is 1. The number of nitrogens with one attached hydrogen (secondary N) is 1. The molecular formula is C8H14N2S. The van der Waals surface area contributed by atoms with Crippen molar-refractivity contribution in [3.63, 3.8) is 0 Å². The van der Waals surface area contributed by atoms with Gasteiger partial charge in [-0.1, -0.05) is 0 Å². The molecule has 2 nitrogen and oxygen atoms in total. The summed E-state index contributed by atoms with van der Waals surface area (Å²) in [7, 11) is 0. The lowest BCUT2D eigenvalue weighted by atomic mass is 10.4. The van der Waals surface area contributed by atoms with Crippen LogP contribution in [0.25, 0.3) is 0 Å². The minimum Gasteiger partial charge on any atom is -0.377 e. The number of aryl methyl sites for hydroxylation is 1. The molecule has 62 valence electrons. The van der Waals surface area contributed by atoms with Crippen molar-refractivity contribution in [3.05, 3.63) is 17.0 Å². The Morgan fingerprint density at radius 2 is 2.36 bits per heavy atom. The minimum absolute atomic E-state index is 0.761. The topological polar surface area (TPSA) is 38.0 Å². The molecule has 3 heteroatoms. The first kappa shape index (κ1) is 8.56. The zero-order valence-electron chi connectivity index (χ0n) is 6.76. The monoisotopic (exact) mass is 170 g/mol. The van der Waals surface area contributed by atoms with E-state index in [4.69, 9.17) is 5.73 Å². The summed E-state index contributed by atoms with van der Waals surface area (Å²) in [5.41, 5.74) is 5.36. The molecule has 0 amide bonds. The van der Waals surface area contributed by atoms with Gasteiger partial charge in [0.05, 0.1) is 5.00 Å². The third kappa shape index (κ3) is 2.91. The summed E-state index contributed by atoms with van der Waals surface area (Å²) in [5.74, 6) is 0. The van der Waals surface area contributed by atoms with Gasteiger partial charge in [0, 0.05) is 11.4 Å². The molecule has 0 saturated heterocycles. The van der Waals surface area contributed by atoms with E-state index >= 15 is 0 Å². The van der Waals surface area contributed by atoms with Crippen LogP contribution in [0.1, 0.15) is 11.3 Å². The first-order chi connectivity index (χ1) is 5.33. The molecule has 0 radical (unpaired) electrons. The van der Waals surface area contributed by atoms with Crippen molar-refractivity contribution in [1.29, 1.82) is 0 Å². The molecule has 1 rings (SSSR count). The number of nitrogens with two attached hydrogens (primary N) is 1. The van der Waals surface area contributed by atoms with E-state index in [1.165, 1.54) is 9.88 Å². The molecule has 1 heterocycles. The van der Waals surface area contributed by atoms with Crippen LogP contribution in [0.15, 0.2) is 12.1 Å². The molecule has 0 atom stereocenters. The van der Waals surface area contributed by atoms with Crippen LogP contribution >= 0.6 is 11.3 Å². The summed E-state index contributed by atoms with van der Waals surface area (Å²) in [6.45, 7) is 3.85. The molecule has 0 unspecified atom stereocenters. The van der Waals surface area contributed by atoms with Gasteiger partial charge in [0.1, 0.15) is 0 Å². The van der Waals surface area contributed by atoms with Crippen molar-refractivity contribution in [2.75, 3.05) is 18.4 Å². The van der Waals surface area contributed by atoms with E-state index in [1.54, 1.807) is 11.3 Å². The van der Waals surface area contributed by atoms with Gasteiger partial charge in [0.25, 0.3) is 0 Å². The van der Waals surface area contributed by atoms with Crippen LogP contribution in [-0.2, 0) is 0 Å². The lowest BCUT2D eigenvalue weighted by Crippen LogP contribution is -2.07. The van der Waals surface area contributed by atoms with E-state index < -0.39 is 0 Å². The fourth-order valence-corrected chi connectivity index (χ4v) is 1.64. The summed E-state index contributed by atoms with van der Waals surface area (Å²) in [5, 5.41) is 4.55. The lowest BCUT2D eigenvalue weighted by Gasteiger charge is -1.99. The molecule has 1 aromatic rings. The van der Waals surface area contributed by atoms with Crippen LogP contribution in [0, 0.1) is 6.92 Å². The maximum Gasteiger partial charge on any atom is 0.0885 e. The second kappa shape index (κ2) is 4.36. The first-order valence-corrected chi connectivity index (χ1v) is 4.65. The van der Waals surface area contributed by atoms with E-state index in [0.29, 0.717) is 0 Å². The maximum absolute atomic E-state index is 5.36. The molecule has 0 spiro atoms. The molecule has 0 saturated carbocycles. The summed E-state index contributed by atoms with van der Waals surface area (Å²) in [6, 6.07) is 4.23. The molecule has 1 aromatic heterocycles. The van der Waals surface area contributed by atoms with E-state index in [9.17, 15) is 0 Å². The van der Waals surface area contributed by atoms with Crippen LogP contribution in [0.3, 0.4) is 0 Å². The molecule has 3 N–H and O–H groups in total.